The molecule has 0 spiro atoms. The van der Waals surface area contributed by atoms with Crippen LogP contribution in [0.25, 0.3) is 0 Å². The van der Waals surface area contributed by atoms with Crippen molar-refractivity contribution in [1.29, 1.82) is 0 Å². The fraction of sp³-hybridized carbons (Fsp3) is 0.636. The van der Waals surface area contributed by atoms with Crippen molar-refractivity contribution in [2.24, 2.45) is 11.8 Å². The molecule has 1 saturated carbocycles. The summed E-state index contributed by atoms with van der Waals surface area (Å²) >= 11 is 1.41. The lowest BCUT2D eigenvalue weighted by Crippen LogP contribution is -2.31. The van der Waals surface area contributed by atoms with Crippen molar-refractivity contribution >= 4 is 28.3 Å². The first-order chi connectivity index (χ1) is 9.08. The van der Waals surface area contributed by atoms with Gasteiger partial charge in [-0.25, -0.2) is 5.84 Å². The Kier molecular flexibility index (Phi) is 4.43. The number of hydrogen-bond acceptors (Lipinski definition) is 6. The van der Waals surface area contributed by atoms with Crippen LogP contribution in [0.3, 0.4) is 0 Å². The molecule has 0 bridgehead atoms. The van der Waals surface area contributed by atoms with Crippen molar-refractivity contribution in [3.05, 3.63) is 5.01 Å². The molecule has 1 heterocycles. The van der Waals surface area contributed by atoms with E-state index >= 15 is 0 Å². The number of hydrazine groups is 1. The SMILES string of the molecule is CC(=O)Nc1nnc([C@H]2CC[C@@H](CC(=O)NN)C2)s1. The number of carbonyl (C=O) groups is 2. The molecule has 0 radical (unpaired) electrons. The molecule has 0 unspecified atom stereocenters. The second-order valence-electron chi connectivity index (χ2n) is 4.77. The lowest BCUT2D eigenvalue weighted by Gasteiger charge is -2.07. The number of hydrogen-bond donors (Lipinski definition) is 3. The molecule has 1 aromatic rings. The van der Waals surface area contributed by atoms with Gasteiger partial charge in [0.1, 0.15) is 5.01 Å². The van der Waals surface area contributed by atoms with Crippen LogP contribution < -0.4 is 16.6 Å². The molecule has 1 fully saturated rings. The highest BCUT2D eigenvalue weighted by Gasteiger charge is 2.29. The minimum absolute atomic E-state index is 0.123. The number of nitrogens with two attached hydrogens (primary N) is 1. The first kappa shape index (κ1) is 13.9. The fourth-order valence-electron chi connectivity index (χ4n) is 2.41. The Morgan fingerprint density at radius 3 is 2.89 bits per heavy atom. The number of nitrogens with zero attached hydrogens (tertiary/aromatic N) is 2. The van der Waals surface area contributed by atoms with Gasteiger partial charge in [0.05, 0.1) is 0 Å². The monoisotopic (exact) mass is 283 g/mol. The Hall–Kier alpha value is -1.54. The molecule has 104 valence electrons. The van der Waals surface area contributed by atoms with Crippen molar-refractivity contribution in [2.45, 2.75) is 38.5 Å². The lowest BCUT2D eigenvalue weighted by molar-refractivity contribution is -0.122. The topological polar surface area (TPSA) is 110 Å². The zero-order valence-corrected chi connectivity index (χ0v) is 11.5. The van der Waals surface area contributed by atoms with Gasteiger partial charge in [-0.1, -0.05) is 11.3 Å². The maximum atomic E-state index is 11.2. The number of amides is 2. The molecule has 0 aromatic carbocycles. The molecule has 8 heteroatoms. The molecule has 1 aromatic heterocycles. The van der Waals surface area contributed by atoms with E-state index in [9.17, 15) is 9.59 Å². The van der Waals surface area contributed by atoms with Gasteiger partial charge in [0.2, 0.25) is 16.9 Å². The summed E-state index contributed by atoms with van der Waals surface area (Å²) in [5.74, 6) is 5.49. The zero-order chi connectivity index (χ0) is 13.8. The number of carbonyl (C=O) groups excluding carboxylic acids is 2. The van der Waals surface area contributed by atoms with Gasteiger partial charge in [0.15, 0.2) is 0 Å². The fourth-order valence-corrected chi connectivity index (χ4v) is 3.34. The van der Waals surface area contributed by atoms with E-state index < -0.39 is 0 Å². The largest absolute Gasteiger partial charge is 0.301 e. The standard InChI is InChI=1S/C11H17N5O2S/c1-6(17)13-11-16-15-10(19-11)8-3-2-7(4-8)5-9(18)14-12/h7-8H,2-5,12H2,1H3,(H,14,18)(H,13,16,17)/t7-,8+/m1/s1. The van der Waals surface area contributed by atoms with E-state index in [2.05, 4.69) is 20.9 Å². The van der Waals surface area contributed by atoms with Crippen LogP contribution in [0.4, 0.5) is 5.13 Å². The summed E-state index contributed by atoms with van der Waals surface area (Å²) in [6, 6.07) is 0. The molecule has 2 atom stereocenters. The van der Waals surface area contributed by atoms with Crippen molar-refractivity contribution < 1.29 is 9.59 Å². The van der Waals surface area contributed by atoms with Crippen molar-refractivity contribution in [1.82, 2.24) is 15.6 Å². The van der Waals surface area contributed by atoms with Crippen LogP contribution >= 0.6 is 11.3 Å². The van der Waals surface area contributed by atoms with E-state index in [1.54, 1.807) is 0 Å². The van der Waals surface area contributed by atoms with Gasteiger partial charge in [-0.05, 0) is 25.2 Å². The zero-order valence-electron chi connectivity index (χ0n) is 10.7. The van der Waals surface area contributed by atoms with E-state index in [0.717, 1.165) is 24.3 Å². The minimum Gasteiger partial charge on any atom is -0.301 e. The Morgan fingerprint density at radius 2 is 2.21 bits per heavy atom. The van der Waals surface area contributed by atoms with Crippen molar-refractivity contribution in [2.75, 3.05) is 5.32 Å². The molecule has 2 rings (SSSR count). The number of anilines is 1. The third-order valence-electron chi connectivity index (χ3n) is 3.25. The molecule has 0 saturated heterocycles. The van der Waals surface area contributed by atoms with Crippen LogP contribution in [0, 0.1) is 5.92 Å². The van der Waals surface area contributed by atoms with E-state index in [4.69, 9.17) is 5.84 Å². The molecule has 7 nitrogen and oxygen atoms in total. The summed E-state index contributed by atoms with van der Waals surface area (Å²) in [7, 11) is 0. The number of nitrogens with one attached hydrogen (secondary N) is 2. The average molecular weight is 283 g/mol. The highest BCUT2D eigenvalue weighted by atomic mass is 32.1. The van der Waals surface area contributed by atoms with Crippen LogP contribution in [0.15, 0.2) is 0 Å². The van der Waals surface area contributed by atoms with Crippen LogP contribution in [0.5, 0.6) is 0 Å². The first-order valence-electron chi connectivity index (χ1n) is 6.19. The molecular formula is C11H17N5O2S. The minimum atomic E-state index is -0.147. The molecule has 1 aliphatic carbocycles. The summed E-state index contributed by atoms with van der Waals surface area (Å²) in [5.41, 5.74) is 2.16. The van der Waals surface area contributed by atoms with Crippen LogP contribution in [-0.4, -0.2) is 22.0 Å². The summed E-state index contributed by atoms with van der Waals surface area (Å²) in [6.07, 6.45) is 3.37. The van der Waals surface area contributed by atoms with Gasteiger partial charge in [0, 0.05) is 19.3 Å². The van der Waals surface area contributed by atoms with Crippen molar-refractivity contribution in [3.63, 3.8) is 0 Å². The Bertz CT molecular complexity index is 475. The molecule has 1 aliphatic rings. The molecule has 0 aliphatic heterocycles. The maximum Gasteiger partial charge on any atom is 0.234 e. The van der Waals surface area contributed by atoms with Gasteiger partial charge in [-0.15, -0.1) is 10.2 Å². The van der Waals surface area contributed by atoms with Gasteiger partial charge in [0.25, 0.3) is 0 Å². The Morgan fingerprint density at radius 1 is 1.42 bits per heavy atom. The van der Waals surface area contributed by atoms with Crippen molar-refractivity contribution in [3.8, 4) is 0 Å². The van der Waals surface area contributed by atoms with E-state index in [-0.39, 0.29) is 11.8 Å². The summed E-state index contributed by atoms with van der Waals surface area (Å²) in [6.45, 7) is 1.44. The summed E-state index contributed by atoms with van der Waals surface area (Å²) < 4.78 is 0. The van der Waals surface area contributed by atoms with Gasteiger partial charge in [-0.2, -0.15) is 0 Å². The molecule has 4 N–H and O–H groups in total. The Labute approximate surface area is 114 Å². The predicted molar refractivity (Wildman–Crippen MR) is 71.2 cm³/mol. The second-order valence-corrected chi connectivity index (χ2v) is 5.78. The highest BCUT2D eigenvalue weighted by molar-refractivity contribution is 7.15. The smallest absolute Gasteiger partial charge is 0.234 e. The quantitative estimate of drug-likeness (QED) is 0.429. The summed E-state index contributed by atoms with van der Waals surface area (Å²) in [5, 5.41) is 12.1. The van der Waals surface area contributed by atoms with Gasteiger partial charge < -0.3 is 5.32 Å². The van der Waals surface area contributed by atoms with Crippen LogP contribution in [-0.2, 0) is 9.59 Å². The average Bonchev–Trinajstić information content (AvgIpc) is 2.97. The van der Waals surface area contributed by atoms with E-state index in [1.165, 1.54) is 18.3 Å². The second kappa shape index (κ2) is 6.07. The molecule has 2 amide bonds. The van der Waals surface area contributed by atoms with Crippen LogP contribution in [0.2, 0.25) is 0 Å². The number of rotatable bonds is 4. The molecule has 19 heavy (non-hydrogen) atoms. The third kappa shape index (κ3) is 3.71. The van der Waals surface area contributed by atoms with Crippen LogP contribution in [0.1, 0.15) is 43.5 Å². The third-order valence-corrected chi connectivity index (χ3v) is 4.25. The van der Waals surface area contributed by atoms with Gasteiger partial charge in [-0.3, -0.25) is 15.0 Å². The highest BCUT2D eigenvalue weighted by Crippen LogP contribution is 2.41. The molecular weight excluding hydrogens is 266 g/mol. The van der Waals surface area contributed by atoms with E-state index in [1.807, 2.05) is 0 Å². The number of aromatic nitrogens is 2. The summed E-state index contributed by atoms with van der Waals surface area (Å²) in [4.78, 5) is 22.1. The lowest BCUT2D eigenvalue weighted by atomic mass is 10.0. The maximum absolute atomic E-state index is 11.2. The Balaban J connectivity index is 1.91. The van der Waals surface area contributed by atoms with E-state index in [0.29, 0.717) is 23.4 Å². The first-order valence-corrected chi connectivity index (χ1v) is 7.00. The van der Waals surface area contributed by atoms with Gasteiger partial charge >= 0.3 is 0 Å². The normalized spacial score (nSPS) is 22.2. The predicted octanol–water partition coefficient (Wildman–Crippen LogP) is 0.760.